The maximum Gasteiger partial charge on any atom is 0.213 e. The van der Waals surface area contributed by atoms with Crippen LogP contribution in [0.1, 0.15) is 11.4 Å². The van der Waals surface area contributed by atoms with E-state index < -0.39 is 0 Å². The molecule has 0 radical (unpaired) electrons. The minimum atomic E-state index is 0.534. The van der Waals surface area contributed by atoms with Crippen molar-refractivity contribution in [2.75, 3.05) is 0 Å². The van der Waals surface area contributed by atoms with Crippen LogP contribution in [0, 0.1) is 6.92 Å². The third kappa shape index (κ3) is 2.37. The summed E-state index contributed by atoms with van der Waals surface area (Å²) in [5.74, 6) is 0.822. The van der Waals surface area contributed by atoms with Crippen molar-refractivity contribution in [3.05, 3.63) is 35.7 Å². The Labute approximate surface area is 92.3 Å². The Bertz CT molecular complexity index is 452. The summed E-state index contributed by atoms with van der Waals surface area (Å²) in [5, 5.41) is 7.62. The minimum Gasteiger partial charge on any atom is -0.326 e. The van der Waals surface area contributed by atoms with Gasteiger partial charge in [0.15, 0.2) is 0 Å². The quantitative estimate of drug-likeness (QED) is 0.826. The number of aromatic nitrogens is 3. The molecule has 2 aromatic rings. The van der Waals surface area contributed by atoms with Gasteiger partial charge < -0.3 is 5.73 Å². The molecule has 0 atom stereocenters. The van der Waals surface area contributed by atoms with Gasteiger partial charge in [-0.15, -0.1) is 5.10 Å². The molecule has 78 valence electrons. The van der Waals surface area contributed by atoms with Gasteiger partial charge in [-0.1, -0.05) is 18.2 Å². The third-order valence-corrected chi connectivity index (χ3v) is 2.95. The summed E-state index contributed by atoms with van der Waals surface area (Å²) in [6.07, 6.45) is 0. The van der Waals surface area contributed by atoms with E-state index in [1.54, 1.807) is 0 Å². The average molecular weight is 220 g/mol. The average Bonchev–Trinajstić information content (AvgIpc) is 2.65. The molecule has 5 heteroatoms. The summed E-state index contributed by atoms with van der Waals surface area (Å²) in [5.41, 5.74) is 6.76. The van der Waals surface area contributed by atoms with E-state index in [9.17, 15) is 0 Å². The Balaban J connectivity index is 2.23. The highest BCUT2D eigenvalue weighted by Gasteiger charge is 2.05. The summed E-state index contributed by atoms with van der Waals surface area (Å²) < 4.78 is 0. The van der Waals surface area contributed by atoms with Gasteiger partial charge in [0.2, 0.25) is 5.16 Å². The Hall–Kier alpha value is -1.33. The van der Waals surface area contributed by atoms with Gasteiger partial charge in [-0.2, -0.15) is 0 Å². The number of rotatable bonds is 3. The summed E-state index contributed by atoms with van der Waals surface area (Å²) >= 11 is 1.53. The highest BCUT2D eigenvalue weighted by atomic mass is 32.2. The van der Waals surface area contributed by atoms with E-state index in [2.05, 4.69) is 15.2 Å². The van der Waals surface area contributed by atoms with Gasteiger partial charge >= 0.3 is 0 Å². The standard InChI is InChI=1S/C10H12N4S/c1-7-12-10(14-13-7)15-9-5-3-2-4-8(9)6-11/h2-5H,6,11H2,1H3,(H,12,13,14). The lowest BCUT2D eigenvalue weighted by molar-refractivity contribution is 0.964. The zero-order chi connectivity index (χ0) is 10.7. The van der Waals surface area contributed by atoms with Crippen molar-refractivity contribution < 1.29 is 0 Å². The fraction of sp³-hybridized carbons (Fsp3) is 0.200. The second kappa shape index (κ2) is 4.46. The van der Waals surface area contributed by atoms with Gasteiger partial charge in [-0.25, -0.2) is 4.98 Å². The largest absolute Gasteiger partial charge is 0.326 e. The van der Waals surface area contributed by atoms with E-state index in [4.69, 9.17) is 5.73 Å². The van der Waals surface area contributed by atoms with E-state index in [-0.39, 0.29) is 0 Å². The van der Waals surface area contributed by atoms with Gasteiger partial charge in [0.25, 0.3) is 0 Å². The molecule has 0 aliphatic carbocycles. The summed E-state index contributed by atoms with van der Waals surface area (Å²) in [7, 11) is 0. The van der Waals surface area contributed by atoms with Crippen LogP contribution in [0.25, 0.3) is 0 Å². The zero-order valence-corrected chi connectivity index (χ0v) is 9.21. The second-order valence-electron chi connectivity index (χ2n) is 3.12. The molecule has 0 unspecified atom stereocenters. The maximum atomic E-state index is 5.65. The fourth-order valence-corrected chi connectivity index (χ4v) is 2.14. The Morgan fingerprint density at radius 3 is 2.87 bits per heavy atom. The van der Waals surface area contributed by atoms with Crippen molar-refractivity contribution >= 4 is 11.8 Å². The second-order valence-corrected chi connectivity index (χ2v) is 4.13. The molecule has 2 rings (SSSR count). The number of hydrogen-bond acceptors (Lipinski definition) is 4. The van der Waals surface area contributed by atoms with Crippen LogP contribution in [0.15, 0.2) is 34.3 Å². The number of nitrogens with two attached hydrogens (primary N) is 1. The molecular weight excluding hydrogens is 208 g/mol. The lowest BCUT2D eigenvalue weighted by Crippen LogP contribution is -1.97. The molecule has 0 amide bonds. The third-order valence-electron chi connectivity index (χ3n) is 1.97. The first-order valence-electron chi connectivity index (χ1n) is 4.64. The number of nitrogens with one attached hydrogen (secondary N) is 1. The fourth-order valence-electron chi connectivity index (χ4n) is 1.24. The van der Waals surface area contributed by atoms with Crippen LogP contribution < -0.4 is 5.73 Å². The molecule has 0 spiro atoms. The topological polar surface area (TPSA) is 67.6 Å². The normalized spacial score (nSPS) is 10.5. The maximum absolute atomic E-state index is 5.65. The monoisotopic (exact) mass is 220 g/mol. The van der Waals surface area contributed by atoms with Gasteiger partial charge in [0.1, 0.15) is 5.82 Å². The van der Waals surface area contributed by atoms with Crippen LogP contribution in [-0.2, 0) is 6.54 Å². The van der Waals surface area contributed by atoms with Gasteiger partial charge in [-0.05, 0) is 30.3 Å². The van der Waals surface area contributed by atoms with Crippen molar-refractivity contribution in [1.82, 2.24) is 15.2 Å². The first-order valence-corrected chi connectivity index (χ1v) is 5.46. The molecule has 3 N–H and O–H groups in total. The number of aromatic amines is 1. The van der Waals surface area contributed by atoms with Crippen molar-refractivity contribution in [1.29, 1.82) is 0 Å². The van der Waals surface area contributed by atoms with Crippen LogP contribution in [0.4, 0.5) is 0 Å². The molecule has 0 aliphatic rings. The van der Waals surface area contributed by atoms with Gasteiger partial charge in [-0.3, -0.25) is 5.10 Å². The summed E-state index contributed by atoms with van der Waals surface area (Å²) in [6.45, 7) is 2.42. The van der Waals surface area contributed by atoms with E-state index in [0.29, 0.717) is 6.54 Å². The molecule has 0 bridgehead atoms. The molecule has 1 heterocycles. The molecule has 0 aliphatic heterocycles. The molecule has 1 aromatic heterocycles. The smallest absolute Gasteiger partial charge is 0.213 e. The highest BCUT2D eigenvalue weighted by molar-refractivity contribution is 7.99. The molecule has 1 aromatic carbocycles. The van der Waals surface area contributed by atoms with Crippen LogP contribution in [-0.4, -0.2) is 15.2 Å². The van der Waals surface area contributed by atoms with Crippen molar-refractivity contribution in [3.63, 3.8) is 0 Å². The number of aryl methyl sites for hydroxylation is 1. The van der Waals surface area contributed by atoms with Crippen molar-refractivity contribution in [3.8, 4) is 0 Å². The Kier molecular flexibility index (Phi) is 3.03. The summed E-state index contributed by atoms with van der Waals surface area (Å²) in [6, 6.07) is 8.01. The van der Waals surface area contributed by atoms with Crippen molar-refractivity contribution in [2.24, 2.45) is 5.73 Å². The summed E-state index contributed by atoms with van der Waals surface area (Å²) in [4.78, 5) is 5.35. The van der Waals surface area contributed by atoms with E-state index in [0.717, 1.165) is 21.4 Å². The predicted octanol–water partition coefficient (Wildman–Crippen LogP) is 1.72. The highest BCUT2D eigenvalue weighted by Crippen LogP contribution is 2.27. The SMILES string of the molecule is Cc1nc(Sc2ccccc2CN)n[nH]1. The first-order chi connectivity index (χ1) is 7.29. The van der Waals surface area contributed by atoms with Crippen LogP contribution in [0.3, 0.4) is 0 Å². The zero-order valence-electron chi connectivity index (χ0n) is 8.40. The predicted molar refractivity (Wildman–Crippen MR) is 59.6 cm³/mol. The molecule has 15 heavy (non-hydrogen) atoms. The van der Waals surface area contributed by atoms with E-state index >= 15 is 0 Å². The Morgan fingerprint density at radius 2 is 2.20 bits per heavy atom. The molecule has 0 saturated carbocycles. The van der Waals surface area contributed by atoms with Crippen molar-refractivity contribution in [2.45, 2.75) is 23.5 Å². The lowest BCUT2D eigenvalue weighted by atomic mass is 10.2. The molecule has 0 fully saturated rings. The molecular formula is C10H12N4S. The number of benzene rings is 1. The molecule has 4 nitrogen and oxygen atoms in total. The van der Waals surface area contributed by atoms with Crippen LogP contribution in [0.5, 0.6) is 0 Å². The number of nitrogens with zero attached hydrogens (tertiary/aromatic N) is 2. The number of hydrogen-bond donors (Lipinski definition) is 2. The minimum absolute atomic E-state index is 0.534. The number of H-pyrrole nitrogens is 1. The van der Waals surface area contributed by atoms with E-state index in [1.807, 2.05) is 31.2 Å². The van der Waals surface area contributed by atoms with Gasteiger partial charge in [0, 0.05) is 11.4 Å². The van der Waals surface area contributed by atoms with Crippen LogP contribution >= 0.6 is 11.8 Å². The van der Waals surface area contributed by atoms with Gasteiger partial charge in [0.05, 0.1) is 0 Å². The first kappa shape index (κ1) is 10.2. The Morgan fingerprint density at radius 1 is 1.40 bits per heavy atom. The lowest BCUT2D eigenvalue weighted by Gasteiger charge is -2.03. The van der Waals surface area contributed by atoms with Crippen LogP contribution in [0.2, 0.25) is 0 Å². The van der Waals surface area contributed by atoms with E-state index in [1.165, 1.54) is 11.8 Å². The molecule has 0 saturated heterocycles.